The van der Waals surface area contributed by atoms with E-state index in [4.69, 9.17) is 0 Å². The molecule has 0 radical (unpaired) electrons. The molecule has 1 aromatic carbocycles. The lowest BCUT2D eigenvalue weighted by Gasteiger charge is -2.22. The zero-order valence-electron chi connectivity index (χ0n) is 10.6. The van der Waals surface area contributed by atoms with Crippen LogP contribution in [0.25, 0.3) is 0 Å². The van der Waals surface area contributed by atoms with Crippen molar-refractivity contribution in [3.8, 4) is 0 Å². The third-order valence-corrected chi connectivity index (χ3v) is 4.57. The van der Waals surface area contributed by atoms with E-state index >= 15 is 0 Å². The first-order chi connectivity index (χ1) is 9.37. The van der Waals surface area contributed by atoms with E-state index in [0.29, 0.717) is 18.7 Å². The summed E-state index contributed by atoms with van der Waals surface area (Å²) >= 11 is 0. The molecular formula is C12H15F3N2O2S. The van der Waals surface area contributed by atoms with Gasteiger partial charge in [0.05, 0.1) is 11.4 Å². The van der Waals surface area contributed by atoms with Gasteiger partial charge in [-0.15, -0.1) is 0 Å². The van der Waals surface area contributed by atoms with Crippen LogP contribution in [0.5, 0.6) is 0 Å². The van der Waals surface area contributed by atoms with Crippen molar-refractivity contribution in [1.29, 1.82) is 0 Å². The summed E-state index contributed by atoms with van der Waals surface area (Å²) in [7, 11) is -3.81. The molecule has 1 fully saturated rings. The molecule has 1 unspecified atom stereocenters. The minimum absolute atomic E-state index is 0.0744. The molecule has 1 heterocycles. The molecular weight excluding hydrogens is 293 g/mol. The molecule has 0 aliphatic carbocycles. The molecule has 0 bridgehead atoms. The molecule has 1 saturated heterocycles. The number of hydrogen-bond acceptors (Lipinski definition) is 3. The summed E-state index contributed by atoms with van der Waals surface area (Å²) in [6, 6.07) is 0.816. The molecule has 1 aromatic rings. The Hall–Kier alpha value is -1.28. The standard InChI is InChI=1S/C12H15F3N2O2S/c13-9-4-11(15)12(5-10(9)14)17-20(18,19)7-8-2-1-3-16-6-8/h4-5,8,16-17H,1-3,6-7H2. The number of hydrogen-bond donors (Lipinski definition) is 2. The molecule has 0 amide bonds. The van der Waals surface area contributed by atoms with E-state index in [9.17, 15) is 21.6 Å². The van der Waals surface area contributed by atoms with E-state index in [1.165, 1.54) is 0 Å². The topological polar surface area (TPSA) is 58.2 Å². The van der Waals surface area contributed by atoms with Gasteiger partial charge >= 0.3 is 0 Å². The second-order valence-electron chi connectivity index (χ2n) is 4.84. The van der Waals surface area contributed by atoms with E-state index in [1.807, 2.05) is 4.72 Å². The monoisotopic (exact) mass is 308 g/mol. The van der Waals surface area contributed by atoms with Gasteiger partial charge in [0.25, 0.3) is 0 Å². The lowest BCUT2D eigenvalue weighted by atomic mass is 10.0. The fourth-order valence-corrected chi connectivity index (χ4v) is 3.67. The minimum atomic E-state index is -3.81. The number of rotatable bonds is 4. The van der Waals surface area contributed by atoms with Gasteiger partial charge < -0.3 is 5.32 Å². The molecule has 2 N–H and O–H groups in total. The van der Waals surface area contributed by atoms with Crippen LogP contribution in [0.3, 0.4) is 0 Å². The molecule has 20 heavy (non-hydrogen) atoms. The summed E-state index contributed by atoms with van der Waals surface area (Å²) in [5.74, 6) is -4.06. The first-order valence-electron chi connectivity index (χ1n) is 6.23. The second kappa shape index (κ2) is 6.01. The van der Waals surface area contributed by atoms with Crippen LogP contribution in [-0.4, -0.2) is 27.3 Å². The van der Waals surface area contributed by atoms with Crippen LogP contribution in [0.2, 0.25) is 0 Å². The highest BCUT2D eigenvalue weighted by Crippen LogP contribution is 2.21. The van der Waals surface area contributed by atoms with Crippen LogP contribution in [0.15, 0.2) is 12.1 Å². The molecule has 1 aliphatic rings. The molecule has 0 aromatic heterocycles. The number of piperidine rings is 1. The van der Waals surface area contributed by atoms with Crippen LogP contribution in [-0.2, 0) is 10.0 Å². The first kappa shape index (κ1) is 15.1. The van der Waals surface area contributed by atoms with Crippen molar-refractivity contribution in [2.45, 2.75) is 12.8 Å². The highest BCUT2D eigenvalue weighted by atomic mass is 32.2. The van der Waals surface area contributed by atoms with Crippen molar-refractivity contribution < 1.29 is 21.6 Å². The van der Waals surface area contributed by atoms with E-state index < -0.39 is 33.2 Å². The molecule has 112 valence electrons. The van der Waals surface area contributed by atoms with Gasteiger partial charge in [-0.3, -0.25) is 4.72 Å². The quantitative estimate of drug-likeness (QED) is 0.835. The van der Waals surface area contributed by atoms with E-state index in [0.717, 1.165) is 19.4 Å². The molecule has 1 atom stereocenters. The average molecular weight is 308 g/mol. The Morgan fingerprint density at radius 2 is 1.90 bits per heavy atom. The normalized spacial score (nSPS) is 19.9. The number of nitrogens with one attached hydrogen (secondary N) is 2. The summed E-state index contributed by atoms with van der Waals surface area (Å²) in [6.45, 7) is 1.42. The van der Waals surface area contributed by atoms with Crippen LogP contribution >= 0.6 is 0 Å². The van der Waals surface area contributed by atoms with Gasteiger partial charge in [0.2, 0.25) is 10.0 Å². The Morgan fingerprint density at radius 1 is 1.20 bits per heavy atom. The summed E-state index contributed by atoms with van der Waals surface area (Å²) in [5, 5.41) is 3.07. The third kappa shape index (κ3) is 3.86. The van der Waals surface area contributed by atoms with E-state index in [2.05, 4.69) is 5.32 Å². The number of benzene rings is 1. The maximum atomic E-state index is 13.4. The predicted molar refractivity (Wildman–Crippen MR) is 69.3 cm³/mol. The van der Waals surface area contributed by atoms with Gasteiger partial charge in [0.15, 0.2) is 11.6 Å². The van der Waals surface area contributed by atoms with Crippen LogP contribution in [0.1, 0.15) is 12.8 Å². The Labute approximate surface area is 115 Å². The van der Waals surface area contributed by atoms with Crippen LogP contribution < -0.4 is 10.0 Å². The number of sulfonamides is 1. The lowest BCUT2D eigenvalue weighted by Crippen LogP contribution is -2.35. The Kier molecular flexibility index (Phi) is 4.54. The summed E-state index contributed by atoms with van der Waals surface area (Å²) in [6.07, 6.45) is 1.63. The van der Waals surface area contributed by atoms with Crippen molar-refractivity contribution in [3.05, 3.63) is 29.6 Å². The van der Waals surface area contributed by atoms with E-state index in [-0.39, 0.29) is 11.7 Å². The maximum absolute atomic E-state index is 13.4. The van der Waals surface area contributed by atoms with E-state index in [1.54, 1.807) is 0 Å². The zero-order chi connectivity index (χ0) is 14.8. The second-order valence-corrected chi connectivity index (χ2v) is 6.61. The molecule has 0 spiro atoms. The fourth-order valence-electron chi connectivity index (χ4n) is 2.19. The smallest absolute Gasteiger partial charge is 0.233 e. The SMILES string of the molecule is O=S(=O)(CC1CCCNC1)Nc1cc(F)c(F)cc1F. The first-order valence-corrected chi connectivity index (χ1v) is 7.88. The van der Waals surface area contributed by atoms with Crippen molar-refractivity contribution in [2.24, 2.45) is 5.92 Å². The van der Waals surface area contributed by atoms with Crippen LogP contribution in [0.4, 0.5) is 18.9 Å². The van der Waals surface area contributed by atoms with Gasteiger partial charge in [0.1, 0.15) is 5.82 Å². The van der Waals surface area contributed by atoms with Crippen molar-refractivity contribution >= 4 is 15.7 Å². The van der Waals surface area contributed by atoms with Crippen molar-refractivity contribution in [1.82, 2.24) is 5.32 Å². The highest BCUT2D eigenvalue weighted by Gasteiger charge is 2.22. The maximum Gasteiger partial charge on any atom is 0.233 e. The molecule has 1 aliphatic heterocycles. The molecule has 8 heteroatoms. The van der Waals surface area contributed by atoms with Crippen molar-refractivity contribution in [2.75, 3.05) is 23.6 Å². The fraction of sp³-hybridized carbons (Fsp3) is 0.500. The Bertz CT molecular complexity index is 587. The average Bonchev–Trinajstić information content (AvgIpc) is 2.36. The molecule has 0 saturated carbocycles. The third-order valence-electron chi connectivity index (χ3n) is 3.13. The minimum Gasteiger partial charge on any atom is -0.316 e. The summed E-state index contributed by atoms with van der Waals surface area (Å²) in [5.41, 5.74) is -0.576. The van der Waals surface area contributed by atoms with Gasteiger partial charge in [0, 0.05) is 12.1 Å². The highest BCUT2D eigenvalue weighted by molar-refractivity contribution is 7.92. The number of halogens is 3. The molecule has 2 rings (SSSR count). The largest absolute Gasteiger partial charge is 0.316 e. The van der Waals surface area contributed by atoms with Gasteiger partial charge in [-0.1, -0.05) is 0 Å². The van der Waals surface area contributed by atoms with Crippen molar-refractivity contribution in [3.63, 3.8) is 0 Å². The summed E-state index contributed by atoms with van der Waals surface area (Å²) < 4.78 is 64.9. The molecule has 4 nitrogen and oxygen atoms in total. The Morgan fingerprint density at radius 3 is 2.55 bits per heavy atom. The lowest BCUT2D eigenvalue weighted by molar-refractivity contribution is 0.404. The van der Waals surface area contributed by atoms with Gasteiger partial charge in [-0.05, 0) is 31.8 Å². The predicted octanol–water partition coefficient (Wildman–Crippen LogP) is 1.85. The van der Waals surface area contributed by atoms with Gasteiger partial charge in [-0.2, -0.15) is 0 Å². The van der Waals surface area contributed by atoms with Gasteiger partial charge in [-0.25, -0.2) is 21.6 Å². The Balaban J connectivity index is 2.09. The number of anilines is 1. The summed E-state index contributed by atoms with van der Waals surface area (Å²) in [4.78, 5) is 0. The van der Waals surface area contributed by atoms with Crippen LogP contribution in [0, 0.1) is 23.4 Å². The zero-order valence-corrected chi connectivity index (χ0v) is 11.4.